The third kappa shape index (κ3) is 3.66. The van der Waals surface area contributed by atoms with E-state index in [0.29, 0.717) is 0 Å². The Hall–Kier alpha value is -2.22. The molecule has 0 aliphatic rings. The SMILES string of the molecule is CCNc1ccc(Cn2cc([N+](=O)[O-])cc(Br)c2=O)cn1. The lowest BCUT2D eigenvalue weighted by Crippen LogP contribution is -2.21. The van der Waals surface area contributed by atoms with Gasteiger partial charge in [-0.1, -0.05) is 6.07 Å². The van der Waals surface area contributed by atoms with E-state index in [4.69, 9.17) is 0 Å². The molecule has 1 N–H and O–H groups in total. The topological polar surface area (TPSA) is 90.1 Å². The van der Waals surface area contributed by atoms with E-state index in [-0.39, 0.29) is 22.3 Å². The Bertz CT molecular complexity index is 712. The number of halogens is 1. The summed E-state index contributed by atoms with van der Waals surface area (Å²) in [5.41, 5.74) is 0.321. The Morgan fingerprint density at radius 2 is 2.24 bits per heavy atom. The molecule has 0 aliphatic carbocycles. The van der Waals surface area contributed by atoms with Crippen LogP contribution in [-0.4, -0.2) is 21.0 Å². The van der Waals surface area contributed by atoms with Crippen LogP contribution in [0.5, 0.6) is 0 Å². The molecule has 2 aromatic rings. The largest absolute Gasteiger partial charge is 0.370 e. The lowest BCUT2D eigenvalue weighted by atomic mass is 10.2. The fourth-order valence-electron chi connectivity index (χ4n) is 1.80. The first-order valence-electron chi connectivity index (χ1n) is 6.24. The first kappa shape index (κ1) is 15.2. The molecule has 8 heteroatoms. The molecule has 0 atom stereocenters. The molecule has 0 saturated carbocycles. The van der Waals surface area contributed by atoms with E-state index in [2.05, 4.69) is 26.2 Å². The van der Waals surface area contributed by atoms with E-state index in [9.17, 15) is 14.9 Å². The van der Waals surface area contributed by atoms with E-state index >= 15 is 0 Å². The predicted octanol–water partition coefficient (Wildman–Crippen LogP) is 2.39. The van der Waals surface area contributed by atoms with E-state index in [1.807, 2.05) is 13.0 Å². The number of nitro groups is 1. The highest BCUT2D eigenvalue weighted by Crippen LogP contribution is 2.15. The van der Waals surface area contributed by atoms with Gasteiger partial charge in [0.1, 0.15) is 5.82 Å². The average molecular weight is 353 g/mol. The van der Waals surface area contributed by atoms with Gasteiger partial charge in [0, 0.05) is 18.8 Å². The van der Waals surface area contributed by atoms with Gasteiger partial charge < -0.3 is 9.88 Å². The summed E-state index contributed by atoms with van der Waals surface area (Å²) in [6.07, 6.45) is 2.86. The number of nitrogens with one attached hydrogen (secondary N) is 1. The standard InChI is InChI=1S/C13H13BrN4O3/c1-2-15-12-4-3-9(6-16-12)7-17-8-10(18(20)21)5-11(14)13(17)19/h3-6,8H,2,7H2,1H3,(H,15,16). The molecule has 0 unspecified atom stereocenters. The molecule has 0 aliphatic heterocycles. The van der Waals surface area contributed by atoms with Crippen LogP contribution in [0.1, 0.15) is 12.5 Å². The lowest BCUT2D eigenvalue weighted by Gasteiger charge is -2.07. The summed E-state index contributed by atoms with van der Waals surface area (Å²) in [5, 5.41) is 13.9. The van der Waals surface area contributed by atoms with E-state index in [0.717, 1.165) is 17.9 Å². The van der Waals surface area contributed by atoms with Crippen LogP contribution in [0.25, 0.3) is 0 Å². The third-order valence-electron chi connectivity index (χ3n) is 2.77. The van der Waals surface area contributed by atoms with Crippen LogP contribution in [0.3, 0.4) is 0 Å². The van der Waals surface area contributed by atoms with E-state index < -0.39 is 4.92 Å². The molecule has 7 nitrogen and oxygen atoms in total. The molecule has 2 heterocycles. The second kappa shape index (κ2) is 6.49. The minimum Gasteiger partial charge on any atom is -0.370 e. The van der Waals surface area contributed by atoms with Crippen molar-refractivity contribution in [3.8, 4) is 0 Å². The highest BCUT2D eigenvalue weighted by atomic mass is 79.9. The smallest absolute Gasteiger partial charge is 0.286 e. The molecule has 2 aromatic heterocycles. The van der Waals surface area contributed by atoms with Gasteiger partial charge in [-0.25, -0.2) is 4.98 Å². The minimum absolute atomic E-state index is 0.140. The van der Waals surface area contributed by atoms with Gasteiger partial charge in [0.2, 0.25) is 0 Å². The molecule has 0 saturated heterocycles. The molecule has 110 valence electrons. The summed E-state index contributed by atoms with van der Waals surface area (Å²) in [7, 11) is 0. The second-order valence-corrected chi connectivity index (χ2v) is 5.17. The zero-order valence-electron chi connectivity index (χ0n) is 11.2. The third-order valence-corrected chi connectivity index (χ3v) is 3.34. The number of hydrogen-bond acceptors (Lipinski definition) is 5. The van der Waals surface area contributed by atoms with Crippen molar-refractivity contribution in [1.29, 1.82) is 0 Å². The van der Waals surface area contributed by atoms with Gasteiger partial charge in [0.05, 0.1) is 22.1 Å². The monoisotopic (exact) mass is 352 g/mol. The van der Waals surface area contributed by atoms with Gasteiger partial charge in [-0.15, -0.1) is 0 Å². The fraction of sp³-hybridized carbons (Fsp3) is 0.231. The second-order valence-electron chi connectivity index (χ2n) is 4.32. The number of hydrogen-bond donors (Lipinski definition) is 1. The summed E-state index contributed by atoms with van der Waals surface area (Å²) in [6.45, 7) is 2.96. The van der Waals surface area contributed by atoms with Gasteiger partial charge in [0.15, 0.2) is 0 Å². The Labute approximate surface area is 128 Å². The van der Waals surface area contributed by atoms with Crippen molar-refractivity contribution in [3.05, 3.63) is 61.1 Å². The molecule has 21 heavy (non-hydrogen) atoms. The maximum absolute atomic E-state index is 12.0. The summed E-state index contributed by atoms with van der Waals surface area (Å²) in [6, 6.07) is 4.83. The quantitative estimate of drug-likeness (QED) is 0.659. The van der Waals surface area contributed by atoms with Crippen molar-refractivity contribution >= 4 is 27.4 Å². The highest BCUT2D eigenvalue weighted by Gasteiger charge is 2.12. The molecule has 0 spiro atoms. The summed E-state index contributed by atoms with van der Waals surface area (Å²) >= 11 is 3.05. The Balaban J connectivity index is 2.30. The average Bonchev–Trinajstić information content (AvgIpc) is 2.45. The van der Waals surface area contributed by atoms with Crippen LogP contribution in [-0.2, 0) is 6.54 Å². The Morgan fingerprint density at radius 1 is 1.48 bits per heavy atom. The predicted molar refractivity (Wildman–Crippen MR) is 82.6 cm³/mol. The molecule has 0 aromatic carbocycles. The Morgan fingerprint density at radius 3 is 2.81 bits per heavy atom. The Kier molecular flexibility index (Phi) is 4.69. The zero-order valence-corrected chi connectivity index (χ0v) is 12.8. The van der Waals surface area contributed by atoms with Crippen LogP contribution in [0.15, 0.2) is 39.9 Å². The van der Waals surface area contributed by atoms with Crippen molar-refractivity contribution in [2.24, 2.45) is 0 Å². The number of rotatable bonds is 5. The van der Waals surface area contributed by atoms with Crippen LogP contribution in [0.4, 0.5) is 11.5 Å². The summed E-state index contributed by atoms with van der Waals surface area (Å²) < 4.78 is 1.44. The lowest BCUT2D eigenvalue weighted by molar-refractivity contribution is -0.385. The molecular formula is C13H13BrN4O3. The van der Waals surface area contributed by atoms with Gasteiger partial charge in [-0.2, -0.15) is 0 Å². The molecule has 2 rings (SSSR count). The van der Waals surface area contributed by atoms with Crippen molar-refractivity contribution in [3.63, 3.8) is 0 Å². The highest BCUT2D eigenvalue weighted by molar-refractivity contribution is 9.10. The summed E-state index contributed by atoms with van der Waals surface area (Å²) in [5.74, 6) is 0.744. The van der Waals surface area contributed by atoms with Crippen LogP contribution in [0.2, 0.25) is 0 Å². The number of pyridine rings is 2. The van der Waals surface area contributed by atoms with Crippen LogP contribution in [0, 0.1) is 10.1 Å². The minimum atomic E-state index is -0.535. The first-order chi connectivity index (χ1) is 10.0. The van der Waals surface area contributed by atoms with E-state index in [1.54, 1.807) is 12.3 Å². The molecular weight excluding hydrogens is 340 g/mol. The van der Waals surface area contributed by atoms with Crippen molar-refractivity contribution < 1.29 is 4.92 Å². The normalized spacial score (nSPS) is 10.4. The van der Waals surface area contributed by atoms with Gasteiger partial charge in [-0.05, 0) is 34.5 Å². The van der Waals surface area contributed by atoms with Crippen LogP contribution < -0.4 is 10.9 Å². The number of aromatic nitrogens is 2. The molecule has 0 radical (unpaired) electrons. The maximum atomic E-state index is 12.0. The van der Waals surface area contributed by atoms with Gasteiger partial charge in [0.25, 0.3) is 11.2 Å². The first-order valence-corrected chi connectivity index (χ1v) is 7.03. The molecule has 0 fully saturated rings. The zero-order chi connectivity index (χ0) is 15.4. The number of anilines is 1. The summed E-state index contributed by atoms with van der Waals surface area (Å²) in [4.78, 5) is 26.5. The van der Waals surface area contributed by atoms with Crippen LogP contribution >= 0.6 is 15.9 Å². The van der Waals surface area contributed by atoms with E-state index in [1.165, 1.54) is 16.8 Å². The van der Waals surface area contributed by atoms with Gasteiger partial charge >= 0.3 is 0 Å². The fourth-order valence-corrected chi connectivity index (χ4v) is 2.26. The molecule has 0 amide bonds. The number of nitrogens with zero attached hydrogens (tertiary/aromatic N) is 3. The van der Waals surface area contributed by atoms with Gasteiger partial charge in [-0.3, -0.25) is 14.9 Å². The van der Waals surface area contributed by atoms with Crippen molar-refractivity contribution in [2.75, 3.05) is 11.9 Å². The van der Waals surface area contributed by atoms with Crippen molar-refractivity contribution in [1.82, 2.24) is 9.55 Å². The molecule has 0 bridgehead atoms. The van der Waals surface area contributed by atoms with Crippen molar-refractivity contribution in [2.45, 2.75) is 13.5 Å². The maximum Gasteiger partial charge on any atom is 0.286 e.